The van der Waals surface area contributed by atoms with Crippen molar-refractivity contribution >= 4 is 21.6 Å². The number of nitrogens with zero attached hydrogens (tertiary/aromatic N) is 1. The summed E-state index contributed by atoms with van der Waals surface area (Å²) in [5, 5.41) is 0. The Labute approximate surface area is 119 Å². The van der Waals surface area contributed by atoms with Crippen LogP contribution in [0.3, 0.4) is 0 Å². The molecule has 0 aliphatic carbocycles. The Kier molecular flexibility index (Phi) is 4.87. The molecular weight excluding hydrogens is 286 g/mol. The van der Waals surface area contributed by atoms with Crippen molar-refractivity contribution in [2.75, 3.05) is 6.54 Å². The Balaban J connectivity index is 2.15. The SMILES string of the molecule is C=C(c1cccc(Br)c1)N1CCCC[C@H]1CCC. The molecule has 1 heterocycles. The van der Waals surface area contributed by atoms with Gasteiger partial charge in [-0.2, -0.15) is 0 Å². The molecule has 1 aromatic carbocycles. The molecule has 0 radical (unpaired) electrons. The first-order chi connectivity index (χ1) is 8.72. The van der Waals surface area contributed by atoms with Crippen LogP contribution < -0.4 is 0 Å². The van der Waals surface area contributed by atoms with Gasteiger partial charge < -0.3 is 4.90 Å². The fourth-order valence-electron chi connectivity index (χ4n) is 2.82. The van der Waals surface area contributed by atoms with Crippen LogP contribution in [0.4, 0.5) is 0 Å². The predicted octanol–water partition coefficient (Wildman–Crippen LogP) is 5.07. The van der Waals surface area contributed by atoms with Gasteiger partial charge in [0.05, 0.1) is 0 Å². The molecule has 2 rings (SSSR count). The van der Waals surface area contributed by atoms with Crippen LogP contribution in [-0.2, 0) is 0 Å². The number of likely N-dealkylation sites (tertiary alicyclic amines) is 1. The van der Waals surface area contributed by atoms with Gasteiger partial charge >= 0.3 is 0 Å². The average molecular weight is 308 g/mol. The largest absolute Gasteiger partial charge is 0.369 e. The van der Waals surface area contributed by atoms with Crippen LogP contribution in [0.15, 0.2) is 35.3 Å². The fourth-order valence-corrected chi connectivity index (χ4v) is 3.22. The van der Waals surface area contributed by atoms with Gasteiger partial charge in [0.15, 0.2) is 0 Å². The van der Waals surface area contributed by atoms with E-state index in [-0.39, 0.29) is 0 Å². The fraction of sp³-hybridized carbons (Fsp3) is 0.500. The summed E-state index contributed by atoms with van der Waals surface area (Å²) in [5.74, 6) is 0. The van der Waals surface area contributed by atoms with E-state index in [0.717, 1.165) is 11.0 Å². The van der Waals surface area contributed by atoms with Crippen molar-refractivity contribution in [3.8, 4) is 0 Å². The van der Waals surface area contributed by atoms with Crippen molar-refractivity contribution in [3.05, 3.63) is 40.9 Å². The van der Waals surface area contributed by atoms with Gasteiger partial charge in [-0.25, -0.2) is 0 Å². The number of hydrogen-bond donors (Lipinski definition) is 0. The maximum atomic E-state index is 4.33. The lowest BCUT2D eigenvalue weighted by molar-refractivity contribution is 0.216. The van der Waals surface area contributed by atoms with Crippen LogP contribution in [0.25, 0.3) is 5.70 Å². The normalized spacial score (nSPS) is 19.9. The summed E-state index contributed by atoms with van der Waals surface area (Å²) < 4.78 is 1.13. The summed E-state index contributed by atoms with van der Waals surface area (Å²) in [6, 6.07) is 9.17. The first kappa shape index (κ1) is 13.7. The molecule has 0 N–H and O–H groups in total. The number of benzene rings is 1. The van der Waals surface area contributed by atoms with Gasteiger partial charge in [-0.05, 0) is 43.4 Å². The molecule has 98 valence electrons. The standard InChI is InChI=1S/C16H22BrN/c1-3-7-16-10-4-5-11-18(16)13(2)14-8-6-9-15(17)12-14/h6,8-9,12,16H,2-5,7,10-11H2,1H3/t16-/m1/s1. The Hall–Kier alpha value is -0.760. The summed E-state index contributed by atoms with van der Waals surface area (Å²) in [6.07, 6.45) is 6.53. The number of rotatable bonds is 4. The van der Waals surface area contributed by atoms with E-state index in [9.17, 15) is 0 Å². The van der Waals surface area contributed by atoms with Crippen LogP contribution in [-0.4, -0.2) is 17.5 Å². The molecule has 0 saturated carbocycles. The van der Waals surface area contributed by atoms with Gasteiger partial charge in [-0.1, -0.05) is 48.0 Å². The molecule has 1 aromatic rings. The zero-order valence-corrected chi connectivity index (χ0v) is 12.7. The highest BCUT2D eigenvalue weighted by atomic mass is 79.9. The highest BCUT2D eigenvalue weighted by Crippen LogP contribution is 2.29. The zero-order valence-electron chi connectivity index (χ0n) is 11.2. The molecule has 0 bridgehead atoms. The van der Waals surface area contributed by atoms with Crippen molar-refractivity contribution in [2.24, 2.45) is 0 Å². The van der Waals surface area contributed by atoms with E-state index in [0.29, 0.717) is 6.04 Å². The number of hydrogen-bond acceptors (Lipinski definition) is 1. The van der Waals surface area contributed by atoms with E-state index in [1.165, 1.54) is 43.4 Å². The molecule has 1 atom stereocenters. The lowest BCUT2D eigenvalue weighted by atomic mass is 9.96. The molecule has 0 aromatic heterocycles. The lowest BCUT2D eigenvalue weighted by Gasteiger charge is -2.39. The van der Waals surface area contributed by atoms with E-state index >= 15 is 0 Å². The smallest absolute Gasteiger partial charge is 0.0369 e. The second-order valence-corrected chi connectivity index (χ2v) is 6.00. The summed E-state index contributed by atoms with van der Waals surface area (Å²) >= 11 is 3.54. The van der Waals surface area contributed by atoms with Gasteiger partial charge in [-0.15, -0.1) is 0 Å². The minimum absolute atomic E-state index is 0.690. The van der Waals surface area contributed by atoms with E-state index in [1.54, 1.807) is 0 Å². The molecule has 1 nitrogen and oxygen atoms in total. The molecule has 0 amide bonds. The number of piperidine rings is 1. The van der Waals surface area contributed by atoms with Crippen molar-refractivity contribution in [1.29, 1.82) is 0 Å². The Morgan fingerprint density at radius 1 is 1.44 bits per heavy atom. The van der Waals surface area contributed by atoms with Crippen LogP contribution in [0.2, 0.25) is 0 Å². The van der Waals surface area contributed by atoms with Crippen molar-refractivity contribution in [2.45, 2.75) is 45.1 Å². The monoisotopic (exact) mass is 307 g/mol. The van der Waals surface area contributed by atoms with Crippen molar-refractivity contribution in [1.82, 2.24) is 4.90 Å². The molecule has 0 unspecified atom stereocenters. The Morgan fingerprint density at radius 3 is 3.00 bits per heavy atom. The Bertz CT molecular complexity index is 411. The van der Waals surface area contributed by atoms with Crippen LogP contribution >= 0.6 is 15.9 Å². The van der Waals surface area contributed by atoms with E-state index < -0.39 is 0 Å². The van der Waals surface area contributed by atoms with E-state index in [4.69, 9.17) is 0 Å². The van der Waals surface area contributed by atoms with Gasteiger partial charge in [0.2, 0.25) is 0 Å². The molecule has 1 aliphatic heterocycles. The summed E-state index contributed by atoms with van der Waals surface area (Å²) in [6.45, 7) is 7.76. The zero-order chi connectivity index (χ0) is 13.0. The van der Waals surface area contributed by atoms with Crippen LogP contribution in [0.5, 0.6) is 0 Å². The van der Waals surface area contributed by atoms with E-state index in [1.807, 2.05) is 0 Å². The first-order valence-corrected chi connectivity index (χ1v) is 7.73. The summed E-state index contributed by atoms with van der Waals surface area (Å²) in [7, 11) is 0. The molecule has 0 spiro atoms. The molecule has 2 heteroatoms. The van der Waals surface area contributed by atoms with Gasteiger partial charge in [0.1, 0.15) is 0 Å². The summed E-state index contributed by atoms with van der Waals surface area (Å²) in [4.78, 5) is 2.52. The third kappa shape index (κ3) is 3.17. The predicted molar refractivity (Wildman–Crippen MR) is 82.4 cm³/mol. The van der Waals surface area contributed by atoms with Gasteiger partial charge in [-0.3, -0.25) is 0 Å². The van der Waals surface area contributed by atoms with E-state index in [2.05, 4.69) is 58.6 Å². The minimum atomic E-state index is 0.690. The second kappa shape index (κ2) is 6.42. The van der Waals surface area contributed by atoms with Gasteiger partial charge in [0.25, 0.3) is 0 Å². The average Bonchev–Trinajstić information content (AvgIpc) is 2.39. The number of halogens is 1. The maximum absolute atomic E-state index is 4.33. The third-order valence-corrected chi connectivity index (χ3v) is 4.25. The maximum Gasteiger partial charge on any atom is 0.0369 e. The molecule has 1 fully saturated rings. The topological polar surface area (TPSA) is 3.24 Å². The second-order valence-electron chi connectivity index (χ2n) is 5.09. The first-order valence-electron chi connectivity index (χ1n) is 6.94. The third-order valence-electron chi connectivity index (χ3n) is 3.75. The Morgan fingerprint density at radius 2 is 2.28 bits per heavy atom. The van der Waals surface area contributed by atoms with Crippen LogP contribution in [0, 0.1) is 0 Å². The summed E-state index contributed by atoms with van der Waals surface area (Å²) in [5.41, 5.74) is 2.43. The minimum Gasteiger partial charge on any atom is -0.369 e. The molecule has 18 heavy (non-hydrogen) atoms. The van der Waals surface area contributed by atoms with Crippen LogP contribution in [0.1, 0.15) is 44.6 Å². The van der Waals surface area contributed by atoms with Crippen molar-refractivity contribution in [3.63, 3.8) is 0 Å². The van der Waals surface area contributed by atoms with Gasteiger partial charge in [0, 0.05) is 22.8 Å². The highest BCUT2D eigenvalue weighted by Gasteiger charge is 2.23. The quantitative estimate of drug-likeness (QED) is 0.750. The van der Waals surface area contributed by atoms with Crippen molar-refractivity contribution < 1.29 is 0 Å². The molecular formula is C16H22BrN. The highest BCUT2D eigenvalue weighted by molar-refractivity contribution is 9.10. The molecule has 1 aliphatic rings. The lowest BCUT2D eigenvalue weighted by Crippen LogP contribution is -2.37. The molecule has 1 saturated heterocycles.